The van der Waals surface area contributed by atoms with Crippen LogP contribution < -0.4 is 10.5 Å². The molecule has 2 nitrogen and oxygen atoms in total. The molecule has 1 atom stereocenters. The molecule has 0 amide bonds. The molecule has 1 aliphatic carbocycles. The Bertz CT molecular complexity index is 575. The monoisotopic (exact) mass is 267 g/mol. The van der Waals surface area contributed by atoms with Crippen molar-refractivity contribution in [3.05, 3.63) is 65.7 Å². The second kappa shape index (κ2) is 5.29. The first kappa shape index (κ1) is 13.2. The van der Waals surface area contributed by atoms with Gasteiger partial charge in [0.15, 0.2) is 0 Å². The van der Waals surface area contributed by atoms with Crippen molar-refractivity contribution < 1.29 is 4.74 Å². The zero-order valence-electron chi connectivity index (χ0n) is 11.9. The van der Waals surface area contributed by atoms with Crippen molar-refractivity contribution in [1.82, 2.24) is 0 Å². The van der Waals surface area contributed by atoms with Gasteiger partial charge in [-0.2, -0.15) is 0 Å². The molecule has 0 aromatic heterocycles. The van der Waals surface area contributed by atoms with Crippen LogP contribution in [0.25, 0.3) is 0 Å². The largest absolute Gasteiger partial charge is 0.497 e. The molecule has 1 aliphatic rings. The van der Waals surface area contributed by atoms with Crippen molar-refractivity contribution in [3.8, 4) is 5.75 Å². The molecule has 1 fully saturated rings. The Morgan fingerprint density at radius 3 is 2.50 bits per heavy atom. The van der Waals surface area contributed by atoms with Crippen LogP contribution in [-0.2, 0) is 11.8 Å². The zero-order valence-corrected chi connectivity index (χ0v) is 11.9. The van der Waals surface area contributed by atoms with Gasteiger partial charge in [-0.1, -0.05) is 42.5 Å². The number of hydrogen-bond acceptors (Lipinski definition) is 2. The van der Waals surface area contributed by atoms with Gasteiger partial charge in [-0.15, -0.1) is 0 Å². The van der Waals surface area contributed by atoms with E-state index in [-0.39, 0.29) is 11.5 Å². The number of rotatable bonds is 5. The van der Waals surface area contributed by atoms with Crippen LogP contribution in [0.1, 0.15) is 24.0 Å². The van der Waals surface area contributed by atoms with E-state index in [1.165, 1.54) is 24.0 Å². The van der Waals surface area contributed by atoms with Crippen LogP contribution in [-0.4, -0.2) is 13.2 Å². The molecule has 2 aromatic rings. The van der Waals surface area contributed by atoms with Crippen LogP contribution in [0.15, 0.2) is 54.6 Å². The van der Waals surface area contributed by atoms with E-state index < -0.39 is 0 Å². The van der Waals surface area contributed by atoms with E-state index in [1.54, 1.807) is 7.11 Å². The molecule has 1 unspecified atom stereocenters. The zero-order chi connectivity index (χ0) is 14.0. The predicted molar refractivity (Wildman–Crippen MR) is 82.0 cm³/mol. The number of hydrogen-bond donors (Lipinski definition) is 1. The fraction of sp³-hybridized carbons (Fsp3) is 0.333. The number of ether oxygens (including phenoxy) is 1. The maximum Gasteiger partial charge on any atom is 0.119 e. The Morgan fingerprint density at radius 1 is 1.10 bits per heavy atom. The molecule has 0 spiro atoms. The molecule has 20 heavy (non-hydrogen) atoms. The average molecular weight is 267 g/mol. The third-order valence-electron chi connectivity index (χ3n) is 4.44. The number of benzene rings is 2. The summed E-state index contributed by atoms with van der Waals surface area (Å²) in [4.78, 5) is 0. The maximum atomic E-state index is 6.53. The first-order chi connectivity index (χ1) is 9.74. The molecule has 0 radical (unpaired) electrons. The van der Waals surface area contributed by atoms with E-state index in [2.05, 4.69) is 42.5 Å². The summed E-state index contributed by atoms with van der Waals surface area (Å²) >= 11 is 0. The van der Waals surface area contributed by atoms with Gasteiger partial charge in [0.2, 0.25) is 0 Å². The van der Waals surface area contributed by atoms with Crippen LogP contribution in [0.2, 0.25) is 0 Å². The second-order valence-corrected chi connectivity index (χ2v) is 5.68. The van der Waals surface area contributed by atoms with E-state index >= 15 is 0 Å². The topological polar surface area (TPSA) is 35.2 Å². The standard InChI is InChI=1S/C18H21NO/c1-20-16-9-5-6-14(12-16)13-17(19)18(10-11-18)15-7-3-2-4-8-15/h2-9,12,17H,10-11,13,19H2,1H3. The summed E-state index contributed by atoms with van der Waals surface area (Å²) in [5.41, 5.74) is 9.35. The third-order valence-corrected chi connectivity index (χ3v) is 4.44. The average Bonchev–Trinajstić information content (AvgIpc) is 3.30. The van der Waals surface area contributed by atoms with Crippen molar-refractivity contribution in [2.75, 3.05) is 7.11 Å². The summed E-state index contributed by atoms with van der Waals surface area (Å²) in [6, 6.07) is 19.1. The Hall–Kier alpha value is -1.80. The fourth-order valence-corrected chi connectivity index (χ4v) is 3.03. The highest BCUT2D eigenvalue weighted by molar-refractivity contribution is 5.36. The summed E-state index contributed by atoms with van der Waals surface area (Å²) < 4.78 is 5.28. The van der Waals surface area contributed by atoms with Crippen molar-refractivity contribution in [3.63, 3.8) is 0 Å². The molecule has 104 valence electrons. The first-order valence-electron chi connectivity index (χ1n) is 7.19. The van der Waals surface area contributed by atoms with Crippen LogP contribution in [0.3, 0.4) is 0 Å². The lowest BCUT2D eigenvalue weighted by atomic mass is 9.85. The van der Waals surface area contributed by atoms with E-state index in [0.29, 0.717) is 0 Å². The molecule has 2 N–H and O–H groups in total. The lowest BCUT2D eigenvalue weighted by Crippen LogP contribution is -2.36. The van der Waals surface area contributed by atoms with Gasteiger partial charge in [0.1, 0.15) is 5.75 Å². The Balaban J connectivity index is 1.78. The Kier molecular flexibility index (Phi) is 3.49. The molecule has 0 bridgehead atoms. The highest BCUT2D eigenvalue weighted by Crippen LogP contribution is 2.50. The predicted octanol–water partition coefficient (Wildman–Crippen LogP) is 3.30. The van der Waals surface area contributed by atoms with E-state index in [9.17, 15) is 0 Å². The molecule has 0 saturated heterocycles. The van der Waals surface area contributed by atoms with Gasteiger partial charge in [-0.3, -0.25) is 0 Å². The molecule has 1 saturated carbocycles. The quantitative estimate of drug-likeness (QED) is 0.902. The lowest BCUT2D eigenvalue weighted by molar-refractivity contribution is 0.413. The van der Waals surface area contributed by atoms with Crippen molar-refractivity contribution >= 4 is 0 Å². The third kappa shape index (κ3) is 2.44. The van der Waals surface area contributed by atoms with Gasteiger partial charge >= 0.3 is 0 Å². The maximum absolute atomic E-state index is 6.53. The van der Waals surface area contributed by atoms with Gasteiger partial charge in [-0.25, -0.2) is 0 Å². The van der Waals surface area contributed by atoms with Crippen LogP contribution in [0.5, 0.6) is 5.75 Å². The fourth-order valence-electron chi connectivity index (χ4n) is 3.03. The van der Waals surface area contributed by atoms with Gasteiger partial charge < -0.3 is 10.5 Å². The molecule has 3 rings (SSSR count). The molecular weight excluding hydrogens is 246 g/mol. The van der Waals surface area contributed by atoms with Crippen molar-refractivity contribution in [2.24, 2.45) is 5.73 Å². The van der Waals surface area contributed by atoms with Gasteiger partial charge in [0, 0.05) is 11.5 Å². The Labute approximate surface area is 120 Å². The highest BCUT2D eigenvalue weighted by Gasteiger charge is 2.48. The minimum absolute atomic E-state index is 0.164. The summed E-state index contributed by atoms with van der Waals surface area (Å²) in [6.07, 6.45) is 3.29. The number of nitrogens with two attached hydrogens (primary N) is 1. The van der Waals surface area contributed by atoms with Crippen LogP contribution in [0.4, 0.5) is 0 Å². The molecular formula is C18H21NO. The SMILES string of the molecule is COc1cccc(CC(N)C2(c3ccccc3)CC2)c1. The van der Waals surface area contributed by atoms with Gasteiger partial charge in [-0.05, 0) is 42.5 Å². The second-order valence-electron chi connectivity index (χ2n) is 5.68. The van der Waals surface area contributed by atoms with Gasteiger partial charge in [0.05, 0.1) is 7.11 Å². The van der Waals surface area contributed by atoms with E-state index in [4.69, 9.17) is 10.5 Å². The van der Waals surface area contributed by atoms with Crippen LogP contribution in [0, 0.1) is 0 Å². The molecule has 0 aliphatic heterocycles. The Morgan fingerprint density at radius 2 is 1.85 bits per heavy atom. The van der Waals surface area contributed by atoms with E-state index in [0.717, 1.165) is 12.2 Å². The molecule has 2 aromatic carbocycles. The minimum Gasteiger partial charge on any atom is -0.497 e. The van der Waals surface area contributed by atoms with E-state index in [1.807, 2.05) is 12.1 Å². The first-order valence-corrected chi connectivity index (χ1v) is 7.19. The molecule has 0 heterocycles. The summed E-state index contributed by atoms with van der Waals surface area (Å²) in [6.45, 7) is 0. The number of methoxy groups -OCH3 is 1. The summed E-state index contributed by atoms with van der Waals surface area (Å²) in [5, 5.41) is 0. The van der Waals surface area contributed by atoms with Crippen molar-refractivity contribution in [1.29, 1.82) is 0 Å². The van der Waals surface area contributed by atoms with Gasteiger partial charge in [0.25, 0.3) is 0 Å². The lowest BCUT2D eigenvalue weighted by Gasteiger charge is -2.24. The van der Waals surface area contributed by atoms with Crippen LogP contribution >= 0.6 is 0 Å². The molecule has 2 heteroatoms. The minimum atomic E-state index is 0.164. The summed E-state index contributed by atoms with van der Waals surface area (Å²) in [5.74, 6) is 0.902. The normalized spacial score (nSPS) is 17.5. The smallest absolute Gasteiger partial charge is 0.119 e. The van der Waals surface area contributed by atoms with Crippen molar-refractivity contribution in [2.45, 2.75) is 30.7 Å². The highest BCUT2D eigenvalue weighted by atomic mass is 16.5. The summed E-state index contributed by atoms with van der Waals surface area (Å²) in [7, 11) is 1.70.